The molecule has 0 aromatic heterocycles. The summed E-state index contributed by atoms with van der Waals surface area (Å²) in [6.07, 6.45) is 22.2. The quantitative estimate of drug-likeness (QED) is 0.0792. The molecular formula is C33H58O6. The van der Waals surface area contributed by atoms with Gasteiger partial charge in [-0.3, -0.25) is 0 Å². The van der Waals surface area contributed by atoms with Gasteiger partial charge in [-0.15, -0.1) is 0 Å². The second-order valence-corrected chi connectivity index (χ2v) is 10.5. The number of aliphatic carboxylic acids is 1. The lowest BCUT2D eigenvalue weighted by Gasteiger charge is -2.30. The van der Waals surface area contributed by atoms with E-state index in [9.17, 15) is 9.90 Å². The van der Waals surface area contributed by atoms with E-state index < -0.39 is 11.8 Å². The zero-order valence-electron chi connectivity index (χ0n) is 25.1. The van der Waals surface area contributed by atoms with Crippen molar-refractivity contribution >= 4 is 5.97 Å². The molecule has 1 aromatic carbocycles. The van der Waals surface area contributed by atoms with E-state index in [2.05, 4.69) is 6.92 Å². The van der Waals surface area contributed by atoms with Gasteiger partial charge in [0.15, 0.2) is 0 Å². The molecule has 0 saturated heterocycles. The molecule has 0 saturated carbocycles. The summed E-state index contributed by atoms with van der Waals surface area (Å²) in [4.78, 5) is 12.3. The summed E-state index contributed by atoms with van der Waals surface area (Å²) in [6, 6.07) is 9.05. The van der Waals surface area contributed by atoms with Crippen LogP contribution in [0.2, 0.25) is 0 Å². The van der Waals surface area contributed by atoms with Crippen LogP contribution in [0, 0.1) is 0 Å². The van der Waals surface area contributed by atoms with Gasteiger partial charge in [0.25, 0.3) is 0 Å². The van der Waals surface area contributed by atoms with Gasteiger partial charge in [-0.2, -0.15) is 0 Å². The first-order valence-electron chi connectivity index (χ1n) is 15.9. The van der Waals surface area contributed by atoms with Gasteiger partial charge in [0, 0.05) is 13.0 Å². The van der Waals surface area contributed by atoms with Crippen molar-refractivity contribution in [2.45, 2.75) is 135 Å². The smallest absolute Gasteiger partial charge is 0.377 e. The van der Waals surface area contributed by atoms with Crippen LogP contribution in [0.4, 0.5) is 0 Å². The minimum atomic E-state index is -1.71. The molecule has 0 radical (unpaired) electrons. The fraction of sp³-hybridized carbons (Fsp3) is 0.788. The van der Waals surface area contributed by atoms with Crippen LogP contribution in [0.25, 0.3) is 0 Å². The highest BCUT2D eigenvalue weighted by atomic mass is 16.7. The van der Waals surface area contributed by atoms with Crippen LogP contribution >= 0.6 is 0 Å². The molecule has 1 N–H and O–H groups in total. The lowest BCUT2D eigenvalue weighted by molar-refractivity contribution is -0.218. The van der Waals surface area contributed by atoms with Crippen LogP contribution in [0.5, 0.6) is 5.75 Å². The average Bonchev–Trinajstić information content (AvgIpc) is 2.94. The maximum atomic E-state index is 12.3. The normalized spacial score (nSPS) is 12.9. The molecule has 39 heavy (non-hydrogen) atoms. The van der Waals surface area contributed by atoms with E-state index in [4.69, 9.17) is 18.9 Å². The molecule has 0 aliphatic carbocycles. The predicted molar refractivity (Wildman–Crippen MR) is 159 cm³/mol. The molecule has 0 bridgehead atoms. The molecule has 1 aromatic rings. The summed E-state index contributed by atoms with van der Waals surface area (Å²) in [6.45, 7) is 6.26. The van der Waals surface area contributed by atoms with Gasteiger partial charge in [-0.25, -0.2) is 4.79 Å². The third kappa shape index (κ3) is 19.1. The zero-order valence-corrected chi connectivity index (χ0v) is 25.1. The van der Waals surface area contributed by atoms with Crippen LogP contribution in [-0.2, 0) is 19.0 Å². The maximum Gasteiger partial charge on any atom is 0.377 e. The highest BCUT2D eigenvalue weighted by Crippen LogP contribution is 2.26. The van der Waals surface area contributed by atoms with Crippen LogP contribution < -0.4 is 4.74 Å². The van der Waals surface area contributed by atoms with Crippen molar-refractivity contribution < 1.29 is 28.8 Å². The van der Waals surface area contributed by atoms with Gasteiger partial charge < -0.3 is 24.1 Å². The van der Waals surface area contributed by atoms with Crippen LogP contribution in [-0.4, -0.2) is 49.9 Å². The van der Waals surface area contributed by atoms with Crippen LogP contribution in [0.3, 0.4) is 0 Å². The molecule has 226 valence electrons. The molecule has 1 atom stereocenters. The van der Waals surface area contributed by atoms with Gasteiger partial charge >= 0.3 is 11.8 Å². The number of hydrogen-bond acceptors (Lipinski definition) is 5. The lowest BCUT2D eigenvalue weighted by atomic mass is 10.0. The number of unbranched alkanes of at least 4 members (excludes halogenated alkanes) is 16. The van der Waals surface area contributed by atoms with Crippen molar-refractivity contribution in [2.24, 2.45) is 0 Å². The number of rotatable bonds is 29. The van der Waals surface area contributed by atoms with Crippen molar-refractivity contribution in [3.63, 3.8) is 0 Å². The molecule has 0 fully saturated rings. The number of hydrogen-bond donors (Lipinski definition) is 1. The number of ether oxygens (including phenoxy) is 4. The molecule has 0 amide bonds. The highest BCUT2D eigenvalue weighted by Gasteiger charge is 2.42. The first kappa shape index (κ1) is 35.4. The Balaban J connectivity index is 2.22. The van der Waals surface area contributed by atoms with Gasteiger partial charge in [-0.05, 0) is 25.5 Å². The third-order valence-corrected chi connectivity index (χ3v) is 7.10. The predicted octanol–water partition coefficient (Wildman–Crippen LogP) is 8.96. The topological polar surface area (TPSA) is 74.2 Å². The minimum absolute atomic E-state index is 0.143. The van der Waals surface area contributed by atoms with E-state index >= 15 is 0 Å². The molecule has 1 rings (SSSR count). The molecule has 6 nitrogen and oxygen atoms in total. The van der Waals surface area contributed by atoms with E-state index in [1.165, 1.54) is 89.9 Å². The van der Waals surface area contributed by atoms with Gasteiger partial charge in [0.1, 0.15) is 5.75 Å². The van der Waals surface area contributed by atoms with E-state index in [-0.39, 0.29) is 6.61 Å². The number of carboxylic acid groups (broad SMARTS) is 1. The standard InChI is InChI=1S/C33H58O6/c1-3-5-6-7-8-9-10-11-12-13-14-15-16-17-18-19-23-26-33(32(34)35,39-31-24-21-20-22-25-31)38-30-29-37-28-27-36-4-2/h20-22,24-25H,3-19,23,26-30H2,1-2H3,(H,34,35). The molecular weight excluding hydrogens is 492 g/mol. The largest absolute Gasteiger partial charge is 0.476 e. The number of carboxylic acids is 1. The maximum absolute atomic E-state index is 12.3. The Labute approximate surface area is 239 Å². The van der Waals surface area contributed by atoms with Crippen molar-refractivity contribution in [1.82, 2.24) is 0 Å². The summed E-state index contributed by atoms with van der Waals surface area (Å²) in [5.74, 6) is -2.32. The summed E-state index contributed by atoms with van der Waals surface area (Å²) >= 11 is 0. The average molecular weight is 551 g/mol. The van der Waals surface area contributed by atoms with Crippen molar-refractivity contribution in [3.8, 4) is 5.75 Å². The third-order valence-electron chi connectivity index (χ3n) is 7.10. The second kappa shape index (κ2) is 25.3. The minimum Gasteiger partial charge on any atom is -0.476 e. The first-order valence-corrected chi connectivity index (χ1v) is 15.9. The monoisotopic (exact) mass is 550 g/mol. The van der Waals surface area contributed by atoms with Crippen LogP contribution in [0.15, 0.2) is 30.3 Å². The Hall–Kier alpha value is -1.63. The molecule has 0 spiro atoms. The molecule has 6 heteroatoms. The van der Waals surface area contributed by atoms with Gasteiger partial charge in [0.05, 0.1) is 26.4 Å². The Morgan fingerprint density at radius 3 is 1.59 bits per heavy atom. The van der Waals surface area contributed by atoms with E-state index in [0.717, 1.165) is 19.3 Å². The van der Waals surface area contributed by atoms with Crippen molar-refractivity contribution in [2.75, 3.05) is 33.0 Å². The summed E-state index contributed by atoms with van der Waals surface area (Å²) in [5, 5.41) is 10.1. The number of carbonyl (C=O) groups is 1. The molecule has 0 aliphatic heterocycles. The summed E-state index contributed by atoms with van der Waals surface area (Å²) in [7, 11) is 0. The van der Waals surface area contributed by atoms with E-state index in [1.54, 1.807) is 12.1 Å². The van der Waals surface area contributed by atoms with Crippen molar-refractivity contribution in [1.29, 1.82) is 0 Å². The van der Waals surface area contributed by atoms with Crippen LogP contribution in [0.1, 0.15) is 129 Å². The molecule has 0 heterocycles. The fourth-order valence-corrected chi connectivity index (χ4v) is 4.76. The lowest BCUT2D eigenvalue weighted by Crippen LogP contribution is -2.48. The van der Waals surface area contributed by atoms with E-state index in [1.807, 2.05) is 25.1 Å². The Morgan fingerprint density at radius 1 is 0.641 bits per heavy atom. The first-order chi connectivity index (χ1) is 19.1. The summed E-state index contributed by atoms with van der Waals surface area (Å²) < 4.78 is 22.5. The van der Waals surface area contributed by atoms with E-state index in [0.29, 0.717) is 38.6 Å². The molecule has 1 unspecified atom stereocenters. The van der Waals surface area contributed by atoms with Crippen molar-refractivity contribution in [3.05, 3.63) is 30.3 Å². The zero-order chi connectivity index (χ0) is 28.3. The Kier molecular flexibility index (Phi) is 23.0. The van der Waals surface area contributed by atoms with Gasteiger partial charge in [0.2, 0.25) is 0 Å². The summed E-state index contributed by atoms with van der Waals surface area (Å²) in [5.41, 5.74) is 0. The second-order valence-electron chi connectivity index (χ2n) is 10.5. The van der Waals surface area contributed by atoms with Gasteiger partial charge in [-0.1, -0.05) is 128 Å². The number of benzene rings is 1. The Morgan fingerprint density at radius 2 is 1.10 bits per heavy atom. The SMILES string of the molecule is CCCCCCCCCCCCCCCCCCCC(OCCOCCOCC)(Oc1ccccc1)C(=O)O. The number of para-hydroxylation sites is 1. The Bertz CT molecular complexity index is 667. The highest BCUT2D eigenvalue weighted by molar-refractivity contribution is 5.76. The fourth-order valence-electron chi connectivity index (χ4n) is 4.76. The molecule has 0 aliphatic rings.